The van der Waals surface area contributed by atoms with Crippen LogP contribution in [0.1, 0.15) is 5.69 Å². The van der Waals surface area contributed by atoms with Crippen molar-refractivity contribution < 1.29 is 14.2 Å². The maximum Gasteiger partial charge on any atom is 0.184 e. The number of benzene rings is 1. The zero-order valence-electron chi connectivity index (χ0n) is 11.8. The predicted molar refractivity (Wildman–Crippen MR) is 77.7 cm³/mol. The van der Waals surface area contributed by atoms with E-state index in [1.165, 1.54) is 0 Å². The van der Waals surface area contributed by atoms with E-state index in [0.717, 1.165) is 17.1 Å². The van der Waals surface area contributed by atoms with Gasteiger partial charge in [0.15, 0.2) is 11.5 Å². The summed E-state index contributed by atoms with van der Waals surface area (Å²) in [5.41, 5.74) is 1.78. The summed E-state index contributed by atoms with van der Waals surface area (Å²) in [5.74, 6) is 2.15. The van der Waals surface area contributed by atoms with Crippen LogP contribution in [0.2, 0.25) is 0 Å². The first kappa shape index (κ1) is 14.0. The highest BCUT2D eigenvalue weighted by atomic mass is 16.5. The second kappa shape index (κ2) is 6.65. The van der Waals surface area contributed by atoms with Crippen LogP contribution < -0.4 is 19.5 Å². The van der Waals surface area contributed by atoms with Crippen LogP contribution in [0, 0.1) is 0 Å². The molecular formula is C15H18N2O3. The van der Waals surface area contributed by atoms with Crippen molar-refractivity contribution in [3.63, 3.8) is 0 Å². The third-order valence-electron chi connectivity index (χ3n) is 2.92. The smallest absolute Gasteiger partial charge is 0.184 e. The fraction of sp³-hybridized carbons (Fsp3) is 0.267. The molecule has 2 aromatic rings. The summed E-state index contributed by atoms with van der Waals surface area (Å²) < 4.78 is 15.7. The Balaban J connectivity index is 2.10. The molecule has 2 rings (SSSR count). The third-order valence-corrected chi connectivity index (χ3v) is 2.92. The number of nitrogens with zero attached hydrogens (tertiary/aromatic N) is 1. The maximum atomic E-state index is 5.34. The molecule has 1 aromatic carbocycles. The van der Waals surface area contributed by atoms with E-state index in [0.29, 0.717) is 18.0 Å². The lowest BCUT2D eigenvalue weighted by Crippen LogP contribution is -2.05. The van der Waals surface area contributed by atoms with Crippen LogP contribution >= 0.6 is 0 Å². The number of aromatic nitrogens is 1. The highest BCUT2D eigenvalue weighted by molar-refractivity contribution is 5.49. The fourth-order valence-electron chi connectivity index (χ4n) is 1.87. The van der Waals surface area contributed by atoms with Crippen LogP contribution in [-0.4, -0.2) is 26.3 Å². The molecule has 0 aliphatic rings. The molecule has 5 heteroatoms. The summed E-state index contributed by atoms with van der Waals surface area (Å²) >= 11 is 0. The Kier molecular flexibility index (Phi) is 4.65. The number of rotatable bonds is 6. The molecule has 0 atom stereocenters. The molecule has 0 saturated heterocycles. The molecule has 0 saturated carbocycles. The van der Waals surface area contributed by atoms with Gasteiger partial charge in [0.05, 0.1) is 27.9 Å². The standard InChI is InChI=1S/C15H18N2O3/c1-18-12-6-4-11(5-7-12)17-10-13-15(20-3)14(19-2)8-9-16-13/h4-9,17H,10H2,1-3H3. The highest BCUT2D eigenvalue weighted by Gasteiger charge is 2.10. The average Bonchev–Trinajstić information content (AvgIpc) is 2.52. The molecule has 1 N–H and O–H groups in total. The summed E-state index contributed by atoms with van der Waals surface area (Å²) in [6, 6.07) is 9.48. The monoisotopic (exact) mass is 274 g/mol. The number of anilines is 1. The van der Waals surface area contributed by atoms with Gasteiger partial charge in [0.1, 0.15) is 11.4 Å². The minimum atomic E-state index is 0.548. The van der Waals surface area contributed by atoms with Gasteiger partial charge in [-0.3, -0.25) is 4.98 Å². The van der Waals surface area contributed by atoms with Crippen LogP contribution in [0.15, 0.2) is 36.5 Å². The van der Waals surface area contributed by atoms with Crippen molar-refractivity contribution >= 4 is 5.69 Å². The molecule has 5 nitrogen and oxygen atoms in total. The Labute approximate surface area is 118 Å². The first-order chi connectivity index (χ1) is 9.78. The third kappa shape index (κ3) is 3.12. The Morgan fingerprint density at radius 3 is 2.30 bits per heavy atom. The second-order valence-corrected chi connectivity index (χ2v) is 4.08. The van der Waals surface area contributed by atoms with Crippen molar-refractivity contribution in [3.8, 4) is 17.2 Å². The van der Waals surface area contributed by atoms with Crippen molar-refractivity contribution in [2.75, 3.05) is 26.6 Å². The Bertz CT molecular complexity index is 556. The second-order valence-electron chi connectivity index (χ2n) is 4.08. The lowest BCUT2D eigenvalue weighted by atomic mass is 10.2. The van der Waals surface area contributed by atoms with Crippen LogP contribution in [0.25, 0.3) is 0 Å². The number of hydrogen-bond acceptors (Lipinski definition) is 5. The van der Waals surface area contributed by atoms with Gasteiger partial charge in [0, 0.05) is 18.0 Å². The molecule has 0 aliphatic carbocycles. The number of nitrogens with one attached hydrogen (secondary N) is 1. The minimum absolute atomic E-state index is 0.548. The van der Waals surface area contributed by atoms with Gasteiger partial charge in [-0.15, -0.1) is 0 Å². The van der Waals surface area contributed by atoms with E-state index >= 15 is 0 Å². The molecule has 0 amide bonds. The first-order valence-corrected chi connectivity index (χ1v) is 6.22. The zero-order valence-corrected chi connectivity index (χ0v) is 11.8. The zero-order chi connectivity index (χ0) is 14.4. The topological polar surface area (TPSA) is 52.6 Å². The SMILES string of the molecule is COc1ccc(NCc2nccc(OC)c2OC)cc1. The van der Waals surface area contributed by atoms with Gasteiger partial charge in [-0.05, 0) is 24.3 Å². The summed E-state index contributed by atoms with van der Waals surface area (Å²) in [6.07, 6.45) is 1.70. The van der Waals surface area contributed by atoms with Crippen molar-refractivity contribution in [2.45, 2.75) is 6.54 Å². The van der Waals surface area contributed by atoms with E-state index in [2.05, 4.69) is 10.3 Å². The van der Waals surface area contributed by atoms with E-state index in [4.69, 9.17) is 14.2 Å². The number of ether oxygens (including phenoxy) is 3. The fourth-order valence-corrected chi connectivity index (χ4v) is 1.87. The van der Waals surface area contributed by atoms with Crippen molar-refractivity contribution in [2.24, 2.45) is 0 Å². The number of methoxy groups -OCH3 is 3. The molecular weight excluding hydrogens is 256 g/mol. The molecule has 106 valence electrons. The molecule has 0 unspecified atom stereocenters. The summed E-state index contributed by atoms with van der Waals surface area (Å²) in [5, 5.41) is 3.28. The Hall–Kier alpha value is -2.43. The van der Waals surface area contributed by atoms with E-state index in [9.17, 15) is 0 Å². The molecule has 1 heterocycles. The highest BCUT2D eigenvalue weighted by Crippen LogP contribution is 2.29. The van der Waals surface area contributed by atoms with Gasteiger partial charge < -0.3 is 19.5 Å². The quantitative estimate of drug-likeness (QED) is 0.877. The normalized spacial score (nSPS) is 9.95. The van der Waals surface area contributed by atoms with Gasteiger partial charge in [0.25, 0.3) is 0 Å². The van der Waals surface area contributed by atoms with E-state index in [1.807, 2.05) is 24.3 Å². The van der Waals surface area contributed by atoms with Crippen LogP contribution in [0.5, 0.6) is 17.2 Å². The Morgan fingerprint density at radius 2 is 1.70 bits per heavy atom. The lowest BCUT2D eigenvalue weighted by Gasteiger charge is -2.12. The van der Waals surface area contributed by atoms with Gasteiger partial charge in [0.2, 0.25) is 0 Å². The Morgan fingerprint density at radius 1 is 0.950 bits per heavy atom. The van der Waals surface area contributed by atoms with Gasteiger partial charge in [-0.1, -0.05) is 0 Å². The number of pyridine rings is 1. The van der Waals surface area contributed by atoms with E-state index in [-0.39, 0.29) is 0 Å². The molecule has 0 spiro atoms. The number of hydrogen-bond donors (Lipinski definition) is 1. The maximum absolute atomic E-state index is 5.34. The van der Waals surface area contributed by atoms with Crippen LogP contribution in [0.4, 0.5) is 5.69 Å². The molecule has 1 aromatic heterocycles. The van der Waals surface area contributed by atoms with Crippen molar-refractivity contribution in [3.05, 3.63) is 42.2 Å². The molecule has 20 heavy (non-hydrogen) atoms. The van der Waals surface area contributed by atoms with Gasteiger partial charge in [-0.2, -0.15) is 0 Å². The van der Waals surface area contributed by atoms with E-state index < -0.39 is 0 Å². The van der Waals surface area contributed by atoms with Crippen LogP contribution in [-0.2, 0) is 6.54 Å². The lowest BCUT2D eigenvalue weighted by molar-refractivity contribution is 0.350. The van der Waals surface area contributed by atoms with Crippen molar-refractivity contribution in [1.29, 1.82) is 0 Å². The predicted octanol–water partition coefficient (Wildman–Crippen LogP) is 2.72. The van der Waals surface area contributed by atoms with Gasteiger partial charge >= 0.3 is 0 Å². The first-order valence-electron chi connectivity index (χ1n) is 6.22. The van der Waals surface area contributed by atoms with E-state index in [1.54, 1.807) is 33.6 Å². The molecule has 0 radical (unpaired) electrons. The molecule has 0 aliphatic heterocycles. The summed E-state index contributed by atoms with van der Waals surface area (Å²) in [6.45, 7) is 0.548. The van der Waals surface area contributed by atoms with Crippen LogP contribution in [0.3, 0.4) is 0 Å². The average molecular weight is 274 g/mol. The largest absolute Gasteiger partial charge is 0.497 e. The summed E-state index contributed by atoms with van der Waals surface area (Å²) in [7, 11) is 4.86. The van der Waals surface area contributed by atoms with Gasteiger partial charge in [-0.25, -0.2) is 0 Å². The van der Waals surface area contributed by atoms with Crippen molar-refractivity contribution in [1.82, 2.24) is 4.98 Å². The molecule has 0 fully saturated rings. The molecule has 0 bridgehead atoms. The minimum Gasteiger partial charge on any atom is -0.497 e. The summed E-state index contributed by atoms with van der Waals surface area (Å²) in [4.78, 5) is 4.31.